The molecule has 0 aliphatic rings. The molecule has 0 saturated carbocycles. The Kier molecular flexibility index (Phi) is 4.70. The monoisotopic (exact) mass is 279 g/mol. The molecule has 2 amide bonds. The van der Waals surface area contributed by atoms with Gasteiger partial charge in [-0.2, -0.15) is 0 Å². The number of carbonyl (C=O) groups excluding carboxylic acids is 1. The summed E-state index contributed by atoms with van der Waals surface area (Å²) in [5.74, 6) is 0. The van der Waals surface area contributed by atoms with Crippen LogP contribution in [0, 0.1) is 0 Å². The van der Waals surface area contributed by atoms with Crippen LogP contribution in [0.5, 0.6) is 0 Å². The molecule has 5 nitrogen and oxygen atoms in total. The van der Waals surface area contributed by atoms with Crippen molar-refractivity contribution in [2.45, 2.75) is 26.0 Å². The van der Waals surface area contributed by atoms with Crippen LogP contribution in [0.4, 0.5) is 4.79 Å². The summed E-state index contributed by atoms with van der Waals surface area (Å²) in [6, 6.07) is 7.65. The van der Waals surface area contributed by atoms with Gasteiger partial charge in [0.25, 0.3) is 0 Å². The molecule has 2 rings (SSSR count). The zero-order valence-corrected chi connectivity index (χ0v) is 11.5. The van der Waals surface area contributed by atoms with E-state index in [2.05, 4.69) is 15.6 Å². The first-order valence-corrected chi connectivity index (χ1v) is 7.01. The van der Waals surface area contributed by atoms with Crippen LogP contribution in [-0.4, -0.2) is 28.8 Å². The smallest absolute Gasteiger partial charge is 0.315 e. The molecule has 1 heterocycles. The lowest BCUT2D eigenvalue weighted by molar-refractivity contribution is 0.183. The molecule has 0 aliphatic heterocycles. The van der Waals surface area contributed by atoms with Gasteiger partial charge in [0.2, 0.25) is 0 Å². The van der Waals surface area contributed by atoms with Gasteiger partial charge in [-0.3, -0.25) is 0 Å². The summed E-state index contributed by atoms with van der Waals surface area (Å²) >= 11 is 1.57. The van der Waals surface area contributed by atoms with Crippen LogP contribution < -0.4 is 10.6 Å². The van der Waals surface area contributed by atoms with Crippen molar-refractivity contribution in [2.75, 3.05) is 6.54 Å². The first-order chi connectivity index (χ1) is 9.15. The van der Waals surface area contributed by atoms with E-state index in [1.807, 2.05) is 24.3 Å². The Labute approximate surface area is 115 Å². The summed E-state index contributed by atoms with van der Waals surface area (Å²) in [6.45, 7) is 2.57. The molecular weight excluding hydrogens is 262 g/mol. The first kappa shape index (κ1) is 13.8. The highest BCUT2D eigenvalue weighted by atomic mass is 32.1. The topological polar surface area (TPSA) is 74.2 Å². The van der Waals surface area contributed by atoms with Gasteiger partial charge in [-0.05, 0) is 25.5 Å². The number of hydrogen-bond acceptors (Lipinski definition) is 4. The maximum absolute atomic E-state index is 11.5. The van der Waals surface area contributed by atoms with Crippen molar-refractivity contribution >= 4 is 27.6 Å². The van der Waals surface area contributed by atoms with Crippen LogP contribution in [0.1, 0.15) is 18.4 Å². The predicted molar refractivity (Wildman–Crippen MR) is 76.2 cm³/mol. The largest absolute Gasteiger partial charge is 0.393 e. The van der Waals surface area contributed by atoms with Crippen LogP contribution in [0.25, 0.3) is 10.2 Å². The summed E-state index contributed by atoms with van der Waals surface area (Å²) in [5.41, 5.74) is 0.957. The van der Waals surface area contributed by atoms with Crippen molar-refractivity contribution in [3.05, 3.63) is 29.3 Å². The van der Waals surface area contributed by atoms with E-state index in [9.17, 15) is 4.79 Å². The SMILES string of the molecule is CC(O)CCNC(=O)NCc1nc2ccccc2s1. The quantitative estimate of drug-likeness (QED) is 0.782. The van der Waals surface area contributed by atoms with Crippen molar-refractivity contribution in [3.8, 4) is 0 Å². The van der Waals surface area contributed by atoms with E-state index in [-0.39, 0.29) is 6.03 Å². The Balaban J connectivity index is 1.80. The fraction of sp³-hybridized carbons (Fsp3) is 0.385. The number of benzene rings is 1. The lowest BCUT2D eigenvalue weighted by atomic mass is 10.3. The molecule has 0 aliphatic carbocycles. The van der Waals surface area contributed by atoms with E-state index in [1.54, 1.807) is 18.3 Å². The number of carbonyl (C=O) groups is 1. The first-order valence-electron chi connectivity index (χ1n) is 6.19. The van der Waals surface area contributed by atoms with Crippen LogP contribution in [-0.2, 0) is 6.54 Å². The van der Waals surface area contributed by atoms with E-state index < -0.39 is 6.10 Å². The average Bonchev–Trinajstić information content (AvgIpc) is 2.78. The summed E-state index contributed by atoms with van der Waals surface area (Å²) < 4.78 is 1.12. The number of aromatic nitrogens is 1. The molecule has 6 heteroatoms. The molecule has 102 valence electrons. The van der Waals surface area contributed by atoms with E-state index >= 15 is 0 Å². The number of para-hydroxylation sites is 1. The Morgan fingerprint density at radius 2 is 2.21 bits per heavy atom. The second kappa shape index (κ2) is 6.49. The zero-order valence-electron chi connectivity index (χ0n) is 10.7. The zero-order chi connectivity index (χ0) is 13.7. The van der Waals surface area contributed by atoms with E-state index in [4.69, 9.17) is 5.11 Å². The number of aliphatic hydroxyl groups excluding tert-OH is 1. The van der Waals surface area contributed by atoms with Crippen LogP contribution in [0.3, 0.4) is 0 Å². The lowest BCUT2D eigenvalue weighted by Gasteiger charge is -2.07. The molecule has 1 atom stereocenters. The molecule has 0 bridgehead atoms. The molecule has 3 N–H and O–H groups in total. The van der Waals surface area contributed by atoms with Gasteiger partial charge in [0.15, 0.2) is 0 Å². The Morgan fingerprint density at radius 3 is 2.95 bits per heavy atom. The molecule has 0 saturated heterocycles. The maximum Gasteiger partial charge on any atom is 0.315 e. The number of urea groups is 1. The third kappa shape index (κ3) is 4.18. The van der Waals surface area contributed by atoms with Crippen molar-refractivity contribution in [3.63, 3.8) is 0 Å². The van der Waals surface area contributed by atoms with Gasteiger partial charge in [0.05, 0.1) is 22.9 Å². The van der Waals surface area contributed by atoms with Crippen LogP contribution in [0.2, 0.25) is 0 Å². The van der Waals surface area contributed by atoms with E-state index in [0.717, 1.165) is 15.2 Å². The van der Waals surface area contributed by atoms with E-state index in [1.165, 1.54) is 0 Å². The minimum absolute atomic E-state index is 0.236. The lowest BCUT2D eigenvalue weighted by Crippen LogP contribution is -2.36. The Morgan fingerprint density at radius 1 is 1.42 bits per heavy atom. The minimum Gasteiger partial charge on any atom is -0.393 e. The number of thiazole rings is 1. The summed E-state index contributed by atoms with van der Waals surface area (Å²) in [6.07, 6.45) is 0.152. The van der Waals surface area contributed by atoms with Gasteiger partial charge in [-0.1, -0.05) is 12.1 Å². The number of amides is 2. The van der Waals surface area contributed by atoms with Crippen LogP contribution in [0.15, 0.2) is 24.3 Å². The number of nitrogens with zero attached hydrogens (tertiary/aromatic N) is 1. The third-order valence-electron chi connectivity index (χ3n) is 2.59. The van der Waals surface area contributed by atoms with Crippen LogP contribution >= 0.6 is 11.3 Å². The van der Waals surface area contributed by atoms with Crippen molar-refractivity contribution in [1.29, 1.82) is 0 Å². The second-order valence-corrected chi connectivity index (χ2v) is 5.44. The molecule has 2 aromatic rings. The number of aliphatic hydroxyl groups is 1. The van der Waals surface area contributed by atoms with Crippen molar-refractivity contribution in [2.24, 2.45) is 0 Å². The molecule has 0 spiro atoms. The standard InChI is InChI=1S/C13H17N3O2S/c1-9(17)6-7-14-13(18)15-8-12-16-10-4-2-3-5-11(10)19-12/h2-5,9,17H,6-8H2,1H3,(H2,14,15,18). The molecule has 0 fully saturated rings. The molecule has 1 aromatic heterocycles. The fourth-order valence-corrected chi connectivity index (χ4v) is 2.52. The highest BCUT2D eigenvalue weighted by molar-refractivity contribution is 7.18. The Hall–Kier alpha value is -1.66. The average molecular weight is 279 g/mol. The molecule has 1 unspecified atom stereocenters. The van der Waals surface area contributed by atoms with Gasteiger partial charge in [0.1, 0.15) is 5.01 Å². The van der Waals surface area contributed by atoms with Crippen molar-refractivity contribution < 1.29 is 9.90 Å². The summed E-state index contributed by atoms with van der Waals surface area (Å²) in [4.78, 5) is 15.9. The van der Waals surface area contributed by atoms with E-state index in [0.29, 0.717) is 19.5 Å². The number of fused-ring (bicyclic) bond motifs is 1. The maximum atomic E-state index is 11.5. The highest BCUT2D eigenvalue weighted by Crippen LogP contribution is 2.21. The van der Waals surface area contributed by atoms with Gasteiger partial charge in [0, 0.05) is 6.54 Å². The predicted octanol–water partition coefficient (Wildman–Crippen LogP) is 1.87. The minimum atomic E-state index is -0.399. The van der Waals surface area contributed by atoms with Gasteiger partial charge in [-0.15, -0.1) is 11.3 Å². The molecule has 19 heavy (non-hydrogen) atoms. The summed E-state index contributed by atoms with van der Waals surface area (Å²) in [7, 11) is 0. The highest BCUT2D eigenvalue weighted by Gasteiger charge is 2.05. The fourth-order valence-electron chi connectivity index (χ4n) is 1.61. The summed E-state index contributed by atoms with van der Waals surface area (Å²) in [5, 5.41) is 15.4. The van der Waals surface area contributed by atoms with Gasteiger partial charge in [-0.25, -0.2) is 9.78 Å². The van der Waals surface area contributed by atoms with Gasteiger partial charge < -0.3 is 15.7 Å². The third-order valence-corrected chi connectivity index (χ3v) is 3.62. The molecule has 0 radical (unpaired) electrons. The molecule has 1 aromatic carbocycles. The molecular formula is C13H17N3O2S. The number of rotatable bonds is 5. The Bertz CT molecular complexity index is 521. The second-order valence-electron chi connectivity index (χ2n) is 4.32. The normalized spacial score (nSPS) is 12.3. The number of hydrogen-bond donors (Lipinski definition) is 3. The number of nitrogens with one attached hydrogen (secondary N) is 2. The van der Waals surface area contributed by atoms with Gasteiger partial charge >= 0.3 is 6.03 Å². The van der Waals surface area contributed by atoms with Crippen molar-refractivity contribution in [1.82, 2.24) is 15.6 Å².